The summed E-state index contributed by atoms with van der Waals surface area (Å²) >= 11 is 0. The maximum absolute atomic E-state index is 13.8. The smallest absolute Gasteiger partial charge is 0.290 e. The molecule has 4 rings (SSSR count). The number of rotatable bonds is 9. The molecular formula is C28H31NO5. The van der Waals surface area contributed by atoms with Gasteiger partial charge in [-0.15, -0.1) is 0 Å². The molecule has 1 unspecified atom stereocenters. The molecule has 2 heterocycles. The van der Waals surface area contributed by atoms with Crippen molar-refractivity contribution < 1.29 is 18.7 Å². The van der Waals surface area contributed by atoms with Gasteiger partial charge in [-0.25, -0.2) is 0 Å². The molecule has 6 heteroatoms. The van der Waals surface area contributed by atoms with E-state index < -0.39 is 6.04 Å². The van der Waals surface area contributed by atoms with Crippen LogP contribution < -0.4 is 14.9 Å². The van der Waals surface area contributed by atoms with E-state index in [1.165, 1.54) is 0 Å². The van der Waals surface area contributed by atoms with Crippen molar-refractivity contribution in [1.29, 1.82) is 0 Å². The van der Waals surface area contributed by atoms with Gasteiger partial charge in [0.15, 0.2) is 16.9 Å². The third-order valence-electron chi connectivity index (χ3n) is 6.26. The van der Waals surface area contributed by atoms with E-state index in [0.717, 1.165) is 36.0 Å². The van der Waals surface area contributed by atoms with Gasteiger partial charge in [-0.2, -0.15) is 0 Å². The number of carbonyl (C=O) groups excluding carboxylic acids is 1. The lowest BCUT2D eigenvalue weighted by atomic mass is 9.97. The second-order valence-corrected chi connectivity index (χ2v) is 8.75. The van der Waals surface area contributed by atoms with Crippen LogP contribution in [-0.2, 0) is 0 Å². The van der Waals surface area contributed by atoms with Crippen LogP contribution in [0.1, 0.15) is 65.0 Å². The number of carbonyl (C=O) groups is 1. The highest BCUT2D eigenvalue weighted by Gasteiger charge is 2.42. The van der Waals surface area contributed by atoms with E-state index in [0.29, 0.717) is 41.2 Å². The summed E-state index contributed by atoms with van der Waals surface area (Å²) in [4.78, 5) is 29.1. The zero-order valence-corrected chi connectivity index (χ0v) is 20.3. The van der Waals surface area contributed by atoms with Crippen LogP contribution in [0.3, 0.4) is 0 Å². The number of nitrogens with zero attached hydrogens (tertiary/aromatic N) is 1. The third kappa shape index (κ3) is 4.09. The SMILES string of the molecule is C=CCOc1ccc(C2c3c(oc4c(C)cc(C)cc4c3=O)C(=O)N2CCCCC)cc1OC. The van der Waals surface area contributed by atoms with Gasteiger partial charge in [0, 0.05) is 6.54 Å². The molecule has 34 heavy (non-hydrogen) atoms. The predicted molar refractivity (Wildman–Crippen MR) is 133 cm³/mol. The Hall–Kier alpha value is -3.54. The lowest BCUT2D eigenvalue weighted by Gasteiger charge is -2.25. The molecule has 0 spiro atoms. The Kier molecular flexibility index (Phi) is 6.77. The largest absolute Gasteiger partial charge is 0.493 e. The summed E-state index contributed by atoms with van der Waals surface area (Å²) in [7, 11) is 1.57. The number of hydrogen-bond acceptors (Lipinski definition) is 5. The van der Waals surface area contributed by atoms with Gasteiger partial charge < -0.3 is 18.8 Å². The minimum absolute atomic E-state index is 0.136. The molecule has 178 valence electrons. The highest BCUT2D eigenvalue weighted by atomic mass is 16.5. The second-order valence-electron chi connectivity index (χ2n) is 8.75. The van der Waals surface area contributed by atoms with E-state index in [1.54, 1.807) is 24.2 Å². The Balaban J connectivity index is 1.91. The summed E-state index contributed by atoms with van der Waals surface area (Å²) in [6, 6.07) is 8.77. The Labute approximate surface area is 199 Å². The minimum atomic E-state index is -0.553. The highest BCUT2D eigenvalue weighted by Crippen LogP contribution is 2.41. The number of amides is 1. The number of unbranched alkanes of at least 4 members (excludes halogenated alkanes) is 2. The van der Waals surface area contributed by atoms with E-state index >= 15 is 0 Å². The van der Waals surface area contributed by atoms with Crippen LogP contribution in [0.25, 0.3) is 11.0 Å². The van der Waals surface area contributed by atoms with Crippen molar-refractivity contribution >= 4 is 16.9 Å². The number of ether oxygens (including phenoxy) is 2. The molecule has 1 atom stereocenters. The minimum Gasteiger partial charge on any atom is -0.493 e. The lowest BCUT2D eigenvalue weighted by molar-refractivity contribution is 0.0724. The first kappa shape index (κ1) is 23.6. The first-order valence-corrected chi connectivity index (χ1v) is 11.7. The molecule has 1 aromatic heterocycles. The van der Waals surface area contributed by atoms with Crippen LogP contribution in [0, 0.1) is 13.8 Å². The number of aryl methyl sites for hydroxylation is 2. The summed E-state index contributed by atoms with van der Waals surface area (Å²) in [5.41, 5.74) is 3.30. The molecule has 1 aliphatic heterocycles. The molecule has 1 amide bonds. The number of methoxy groups -OCH3 is 1. The van der Waals surface area contributed by atoms with Crippen LogP contribution in [-0.4, -0.2) is 31.1 Å². The number of fused-ring (bicyclic) bond motifs is 2. The third-order valence-corrected chi connectivity index (χ3v) is 6.26. The summed E-state index contributed by atoms with van der Waals surface area (Å²) in [6.07, 6.45) is 4.53. The van der Waals surface area contributed by atoms with Gasteiger partial charge in [0.25, 0.3) is 5.91 Å². The van der Waals surface area contributed by atoms with Crippen molar-refractivity contribution in [2.75, 3.05) is 20.3 Å². The Bertz CT molecular complexity index is 1310. The first-order chi connectivity index (χ1) is 16.4. The van der Waals surface area contributed by atoms with Crippen LogP contribution in [0.5, 0.6) is 11.5 Å². The first-order valence-electron chi connectivity index (χ1n) is 11.7. The number of benzene rings is 2. The van der Waals surface area contributed by atoms with Crippen molar-refractivity contribution in [1.82, 2.24) is 4.90 Å². The summed E-state index contributed by atoms with van der Waals surface area (Å²) < 4.78 is 17.4. The van der Waals surface area contributed by atoms with E-state index in [9.17, 15) is 9.59 Å². The highest BCUT2D eigenvalue weighted by molar-refractivity contribution is 5.99. The Morgan fingerprint density at radius 3 is 2.62 bits per heavy atom. The Morgan fingerprint density at radius 2 is 1.91 bits per heavy atom. The average Bonchev–Trinajstić information content (AvgIpc) is 3.10. The molecule has 3 aromatic rings. The maximum Gasteiger partial charge on any atom is 0.290 e. The molecule has 0 saturated heterocycles. The molecule has 2 aromatic carbocycles. The zero-order chi connectivity index (χ0) is 24.4. The van der Waals surface area contributed by atoms with Crippen LogP contribution in [0.4, 0.5) is 0 Å². The lowest BCUT2D eigenvalue weighted by Crippen LogP contribution is -2.30. The summed E-state index contributed by atoms with van der Waals surface area (Å²) in [5.74, 6) is 0.994. The monoisotopic (exact) mass is 461 g/mol. The molecule has 0 fully saturated rings. The average molecular weight is 462 g/mol. The van der Waals surface area contributed by atoms with Crippen molar-refractivity contribution in [2.45, 2.75) is 46.1 Å². The van der Waals surface area contributed by atoms with Crippen LogP contribution in [0.2, 0.25) is 0 Å². The van der Waals surface area contributed by atoms with Gasteiger partial charge in [0.05, 0.1) is 24.1 Å². The van der Waals surface area contributed by atoms with Crippen LogP contribution >= 0.6 is 0 Å². The van der Waals surface area contributed by atoms with E-state index in [1.807, 2.05) is 38.1 Å². The van der Waals surface area contributed by atoms with Gasteiger partial charge in [0.1, 0.15) is 12.2 Å². The van der Waals surface area contributed by atoms with E-state index in [4.69, 9.17) is 13.9 Å². The Morgan fingerprint density at radius 1 is 1.12 bits per heavy atom. The van der Waals surface area contributed by atoms with Gasteiger partial charge in [-0.3, -0.25) is 9.59 Å². The van der Waals surface area contributed by atoms with Gasteiger partial charge in [0.2, 0.25) is 5.76 Å². The molecule has 0 aliphatic carbocycles. The van der Waals surface area contributed by atoms with Crippen molar-refractivity contribution in [3.63, 3.8) is 0 Å². The molecule has 0 radical (unpaired) electrons. The quantitative estimate of drug-likeness (QED) is 0.301. The molecule has 0 saturated carbocycles. The fourth-order valence-electron chi connectivity index (χ4n) is 4.71. The fourth-order valence-corrected chi connectivity index (χ4v) is 4.71. The standard InChI is InChI=1S/C28H31NO5/c1-6-8-9-12-29-24(19-10-11-21(33-13-7-2)22(16-19)32-5)23-25(30)20-15-17(3)14-18(4)26(20)34-27(23)28(29)31/h7,10-11,14-16,24H,2,6,8-9,12-13H2,1,3-5H3. The van der Waals surface area contributed by atoms with Crippen molar-refractivity contribution in [3.05, 3.63) is 81.2 Å². The fraction of sp³-hybridized carbons (Fsp3) is 0.357. The normalized spacial score (nSPS) is 15.0. The van der Waals surface area contributed by atoms with E-state index in [-0.39, 0.29) is 17.1 Å². The van der Waals surface area contributed by atoms with E-state index in [2.05, 4.69) is 13.5 Å². The van der Waals surface area contributed by atoms with Gasteiger partial charge in [-0.05, 0) is 55.2 Å². The van der Waals surface area contributed by atoms with Crippen LogP contribution in [0.15, 0.2) is 52.2 Å². The van der Waals surface area contributed by atoms with Gasteiger partial charge >= 0.3 is 0 Å². The number of hydrogen-bond donors (Lipinski definition) is 0. The topological polar surface area (TPSA) is 69.0 Å². The molecule has 6 nitrogen and oxygen atoms in total. The van der Waals surface area contributed by atoms with Crippen molar-refractivity contribution in [3.8, 4) is 11.5 Å². The van der Waals surface area contributed by atoms with Gasteiger partial charge in [-0.1, -0.05) is 44.6 Å². The van der Waals surface area contributed by atoms with Crippen molar-refractivity contribution in [2.24, 2.45) is 0 Å². The predicted octanol–water partition coefficient (Wildman–Crippen LogP) is 5.72. The maximum atomic E-state index is 13.8. The summed E-state index contributed by atoms with van der Waals surface area (Å²) in [5, 5.41) is 0.502. The molecule has 1 aliphatic rings. The zero-order valence-electron chi connectivity index (χ0n) is 20.3. The second kappa shape index (κ2) is 9.75. The molecular weight excluding hydrogens is 430 g/mol. The molecule has 0 bridgehead atoms. The molecule has 0 N–H and O–H groups in total. The summed E-state index contributed by atoms with van der Waals surface area (Å²) in [6.45, 7) is 10.5.